The molecule has 0 unspecified atom stereocenters. The van der Waals surface area contributed by atoms with E-state index in [0.29, 0.717) is 11.3 Å². The second kappa shape index (κ2) is 7.56. The molecule has 3 rings (SSSR count). The first-order valence-corrected chi connectivity index (χ1v) is 8.02. The summed E-state index contributed by atoms with van der Waals surface area (Å²) in [6, 6.07) is 4.79. The van der Waals surface area contributed by atoms with Crippen molar-refractivity contribution in [3.8, 4) is 5.75 Å². The van der Waals surface area contributed by atoms with Crippen LogP contribution in [0.5, 0.6) is 5.75 Å². The topological polar surface area (TPSA) is 81.1 Å². The molecule has 0 spiro atoms. The highest BCUT2D eigenvalue weighted by Crippen LogP contribution is 2.24. The molecule has 0 atom stereocenters. The van der Waals surface area contributed by atoms with Crippen molar-refractivity contribution in [2.75, 3.05) is 18.4 Å². The van der Waals surface area contributed by atoms with Crippen molar-refractivity contribution in [1.82, 2.24) is 20.3 Å². The maximum atomic E-state index is 12.4. The molecule has 9 heteroatoms. The molecule has 1 aromatic heterocycles. The van der Waals surface area contributed by atoms with Crippen molar-refractivity contribution in [1.29, 1.82) is 0 Å². The summed E-state index contributed by atoms with van der Waals surface area (Å²) < 4.78 is 30.9. The Bertz CT molecular complexity index is 744. The van der Waals surface area contributed by atoms with Crippen molar-refractivity contribution in [2.45, 2.75) is 32.4 Å². The van der Waals surface area contributed by atoms with Gasteiger partial charge in [-0.1, -0.05) is 11.3 Å². The Labute approximate surface area is 143 Å². The highest BCUT2D eigenvalue weighted by Gasteiger charge is 2.19. The second-order valence-corrected chi connectivity index (χ2v) is 5.88. The largest absolute Gasteiger partial charge is 0.434 e. The molecule has 2 N–H and O–H groups in total. The molecule has 1 aliphatic rings. The number of hydrogen-bond donors (Lipinski definition) is 2. The van der Waals surface area contributed by atoms with E-state index in [1.165, 1.54) is 6.07 Å². The molecule has 1 saturated heterocycles. The van der Waals surface area contributed by atoms with Crippen molar-refractivity contribution < 1.29 is 18.3 Å². The van der Waals surface area contributed by atoms with Gasteiger partial charge in [-0.25, -0.2) is 4.68 Å². The first-order valence-electron chi connectivity index (χ1n) is 8.02. The normalized spacial score (nSPS) is 15.4. The van der Waals surface area contributed by atoms with E-state index in [9.17, 15) is 13.6 Å². The number of anilines is 1. The molecule has 0 bridgehead atoms. The summed E-state index contributed by atoms with van der Waals surface area (Å²) in [5, 5.41) is 13.8. The molecule has 1 aromatic carbocycles. The third kappa shape index (κ3) is 4.30. The zero-order chi connectivity index (χ0) is 17.8. The summed E-state index contributed by atoms with van der Waals surface area (Å²) in [5.74, 6) is -0.432. The summed E-state index contributed by atoms with van der Waals surface area (Å²) in [6.45, 7) is 0.535. The van der Waals surface area contributed by atoms with Crippen LogP contribution in [-0.2, 0) is 0 Å². The number of carbonyl (C=O) groups is 1. The van der Waals surface area contributed by atoms with E-state index >= 15 is 0 Å². The molecule has 2 heterocycles. The molecule has 0 radical (unpaired) electrons. The Morgan fingerprint density at radius 1 is 1.40 bits per heavy atom. The number of aromatic nitrogens is 3. The van der Waals surface area contributed by atoms with Crippen molar-refractivity contribution >= 4 is 11.6 Å². The van der Waals surface area contributed by atoms with Crippen molar-refractivity contribution in [3.05, 3.63) is 35.7 Å². The molecular formula is C16H19F2N5O2. The Balaban J connectivity index is 1.69. The monoisotopic (exact) mass is 351 g/mol. The fourth-order valence-corrected chi connectivity index (χ4v) is 2.73. The minimum Gasteiger partial charge on any atom is -0.434 e. The Morgan fingerprint density at radius 3 is 2.88 bits per heavy atom. The van der Waals surface area contributed by atoms with Gasteiger partial charge in [0, 0.05) is 11.8 Å². The lowest BCUT2D eigenvalue weighted by atomic mass is 10.1. The van der Waals surface area contributed by atoms with Gasteiger partial charge in [-0.2, -0.15) is 8.78 Å². The Morgan fingerprint density at radius 2 is 2.16 bits per heavy atom. The zero-order valence-corrected chi connectivity index (χ0v) is 13.7. The van der Waals surface area contributed by atoms with Crippen LogP contribution in [0.1, 0.15) is 34.9 Å². The Kier molecular flexibility index (Phi) is 5.22. The number of amides is 1. The molecular weight excluding hydrogens is 332 g/mol. The first kappa shape index (κ1) is 17.3. The number of alkyl halides is 2. The number of benzene rings is 1. The molecule has 1 amide bonds. The Hall–Kier alpha value is -2.55. The van der Waals surface area contributed by atoms with Crippen LogP contribution in [0.2, 0.25) is 0 Å². The van der Waals surface area contributed by atoms with E-state index in [-0.39, 0.29) is 17.5 Å². The number of rotatable bonds is 5. The smallest absolute Gasteiger partial charge is 0.387 e. The van der Waals surface area contributed by atoms with Crippen LogP contribution >= 0.6 is 0 Å². The molecule has 25 heavy (non-hydrogen) atoms. The van der Waals surface area contributed by atoms with Gasteiger partial charge in [0.2, 0.25) is 0 Å². The first-order chi connectivity index (χ1) is 12.0. The van der Waals surface area contributed by atoms with Gasteiger partial charge in [-0.3, -0.25) is 4.79 Å². The molecule has 0 saturated carbocycles. The summed E-state index contributed by atoms with van der Waals surface area (Å²) >= 11 is 0. The van der Waals surface area contributed by atoms with Gasteiger partial charge in [0.05, 0.1) is 12.2 Å². The van der Waals surface area contributed by atoms with Gasteiger partial charge in [0.25, 0.3) is 5.91 Å². The molecule has 134 valence electrons. The van der Waals surface area contributed by atoms with Gasteiger partial charge >= 0.3 is 6.61 Å². The van der Waals surface area contributed by atoms with Gasteiger partial charge in [0.1, 0.15) is 5.75 Å². The van der Waals surface area contributed by atoms with E-state index < -0.39 is 12.5 Å². The summed E-state index contributed by atoms with van der Waals surface area (Å²) in [5.41, 5.74) is 1.08. The molecule has 2 aromatic rings. The van der Waals surface area contributed by atoms with E-state index in [1.807, 2.05) is 0 Å². The minimum atomic E-state index is -2.92. The maximum absolute atomic E-state index is 12.4. The number of hydrogen-bond acceptors (Lipinski definition) is 5. The van der Waals surface area contributed by atoms with Crippen molar-refractivity contribution in [3.63, 3.8) is 0 Å². The summed E-state index contributed by atoms with van der Waals surface area (Å²) in [7, 11) is 0. The van der Waals surface area contributed by atoms with Crippen LogP contribution in [-0.4, -0.2) is 40.6 Å². The number of nitrogens with one attached hydrogen (secondary N) is 2. The number of ether oxygens (including phenoxy) is 1. The van der Waals surface area contributed by atoms with Crippen LogP contribution < -0.4 is 15.4 Å². The predicted octanol–water partition coefficient (Wildman–Crippen LogP) is 2.36. The quantitative estimate of drug-likeness (QED) is 0.864. The average molecular weight is 351 g/mol. The van der Waals surface area contributed by atoms with Gasteiger partial charge < -0.3 is 15.4 Å². The lowest BCUT2D eigenvalue weighted by Crippen LogP contribution is -2.29. The summed E-state index contributed by atoms with van der Waals surface area (Å²) in [6.07, 6.45) is 3.46. The second-order valence-electron chi connectivity index (χ2n) is 5.88. The summed E-state index contributed by atoms with van der Waals surface area (Å²) in [4.78, 5) is 12.3. The molecule has 1 fully saturated rings. The van der Waals surface area contributed by atoms with Gasteiger partial charge in [0.15, 0.2) is 5.69 Å². The molecule has 1 aliphatic heterocycles. The highest BCUT2D eigenvalue weighted by molar-refractivity contribution is 6.02. The van der Waals surface area contributed by atoms with E-state index in [4.69, 9.17) is 0 Å². The van der Waals surface area contributed by atoms with Gasteiger partial charge in [-0.05, 0) is 44.5 Å². The number of piperidine rings is 1. The lowest BCUT2D eigenvalue weighted by molar-refractivity contribution is -0.0502. The van der Waals surface area contributed by atoms with Crippen LogP contribution in [0.25, 0.3) is 0 Å². The lowest BCUT2D eigenvalue weighted by Gasteiger charge is -2.22. The maximum Gasteiger partial charge on any atom is 0.387 e. The van der Waals surface area contributed by atoms with Gasteiger partial charge in [-0.15, -0.1) is 5.10 Å². The number of carbonyl (C=O) groups excluding carboxylic acids is 1. The van der Waals surface area contributed by atoms with Crippen LogP contribution in [0, 0.1) is 6.92 Å². The van der Waals surface area contributed by atoms with E-state index in [2.05, 4.69) is 25.7 Å². The van der Waals surface area contributed by atoms with E-state index in [0.717, 1.165) is 25.9 Å². The molecule has 7 nitrogen and oxygen atoms in total. The fraction of sp³-hybridized carbons (Fsp3) is 0.438. The van der Waals surface area contributed by atoms with Crippen LogP contribution in [0.4, 0.5) is 14.5 Å². The number of aryl methyl sites for hydroxylation is 1. The van der Waals surface area contributed by atoms with Crippen LogP contribution in [0.3, 0.4) is 0 Å². The number of halogens is 2. The minimum absolute atomic E-state index is 0.0196. The fourth-order valence-electron chi connectivity index (χ4n) is 2.73. The highest BCUT2D eigenvalue weighted by atomic mass is 19.3. The van der Waals surface area contributed by atoms with Crippen LogP contribution in [0.15, 0.2) is 24.4 Å². The average Bonchev–Trinajstić information content (AvgIpc) is 3.08. The zero-order valence-electron chi connectivity index (χ0n) is 13.7. The van der Waals surface area contributed by atoms with Crippen molar-refractivity contribution in [2.24, 2.45) is 0 Å². The predicted molar refractivity (Wildman–Crippen MR) is 86.9 cm³/mol. The number of nitrogens with zero attached hydrogens (tertiary/aromatic N) is 3. The third-order valence-electron chi connectivity index (χ3n) is 4.09. The standard InChI is InChI=1S/C16H19F2N5O2/c1-10-2-3-11(8-14(10)25-16(17)18)20-15(24)13-9-23(22-21-13)12-4-6-19-7-5-12/h2-3,8-9,12,16,19H,4-7H2,1H3,(H,20,24). The van der Waals surface area contributed by atoms with E-state index in [1.54, 1.807) is 29.9 Å². The third-order valence-corrected chi connectivity index (χ3v) is 4.09. The molecule has 0 aliphatic carbocycles. The SMILES string of the molecule is Cc1ccc(NC(=O)c2cn(C3CCNCC3)nn2)cc1OC(F)F.